The first kappa shape index (κ1) is 23.7. The maximum absolute atomic E-state index is 13.1. The first-order valence-corrected chi connectivity index (χ1v) is 11.9. The summed E-state index contributed by atoms with van der Waals surface area (Å²) in [4.78, 5) is 27.8. The zero-order valence-corrected chi connectivity index (χ0v) is 20.6. The van der Waals surface area contributed by atoms with E-state index in [1.54, 1.807) is 41.3 Å². The number of aryl methyl sites for hydroxylation is 1. The maximum Gasteiger partial charge on any atom is 0.343 e. The third-order valence-corrected chi connectivity index (χ3v) is 6.80. The molecule has 0 unspecified atom stereocenters. The van der Waals surface area contributed by atoms with Crippen LogP contribution in [0.1, 0.15) is 40.0 Å². The highest BCUT2D eigenvalue weighted by molar-refractivity contribution is 8.26. The van der Waals surface area contributed by atoms with Gasteiger partial charge in [-0.15, -0.1) is 0 Å². The van der Waals surface area contributed by atoms with Crippen molar-refractivity contribution in [1.82, 2.24) is 4.90 Å². The molecule has 3 aromatic carbocycles. The smallest absolute Gasteiger partial charge is 0.343 e. The Hall–Kier alpha value is -3.42. The second-order valence-electron chi connectivity index (χ2n) is 7.80. The van der Waals surface area contributed by atoms with Crippen molar-refractivity contribution in [3.63, 3.8) is 0 Å². The van der Waals surface area contributed by atoms with Crippen LogP contribution in [0.4, 0.5) is 0 Å². The minimum absolute atomic E-state index is 0.139. The van der Waals surface area contributed by atoms with Gasteiger partial charge in [0.15, 0.2) is 11.5 Å². The summed E-state index contributed by atoms with van der Waals surface area (Å²) in [5, 5.41) is 0. The van der Waals surface area contributed by atoms with Crippen LogP contribution in [-0.2, 0) is 4.79 Å². The molecule has 7 heteroatoms. The van der Waals surface area contributed by atoms with E-state index in [9.17, 15) is 9.59 Å². The highest BCUT2D eigenvalue weighted by atomic mass is 32.2. The molecule has 1 aliphatic rings. The lowest BCUT2D eigenvalue weighted by molar-refractivity contribution is -0.123. The van der Waals surface area contributed by atoms with Crippen LogP contribution in [0.5, 0.6) is 11.5 Å². The molecule has 4 rings (SSSR count). The molecule has 34 heavy (non-hydrogen) atoms. The van der Waals surface area contributed by atoms with Crippen LogP contribution in [0, 0.1) is 6.92 Å². The largest absolute Gasteiger partial charge is 0.493 e. The summed E-state index contributed by atoms with van der Waals surface area (Å²) in [6.45, 7) is 3.91. The average molecular weight is 490 g/mol. The topological polar surface area (TPSA) is 55.8 Å². The normalized spacial score (nSPS) is 15.5. The second-order valence-corrected chi connectivity index (χ2v) is 9.48. The number of esters is 1. The zero-order chi connectivity index (χ0) is 24.2. The lowest BCUT2D eigenvalue weighted by Crippen LogP contribution is -2.30. The number of carbonyl (C=O) groups is 2. The quantitative estimate of drug-likeness (QED) is 0.178. The van der Waals surface area contributed by atoms with Crippen LogP contribution in [0.2, 0.25) is 0 Å². The van der Waals surface area contributed by atoms with E-state index in [4.69, 9.17) is 21.7 Å². The molecular weight excluding hydrogens is 466 g/mol. The standard InChI is InChI=1S/C27H23NO4S2/c1-17-9-12-21(13-10-17)26(30)32-22-14-11-19(15-23(22)31-3)16-24-25(29)28(27(33)34-24)18(2)20-7-5-4-6-8-20/h4-16,18H,1-3H3/b24-16-/t18-/m0/s1. The van der Waals surface area contributed by atoms with E-state index in [0.29, 0.717) is 26.3 Å². The zero-order valence-electron chi connectivity index (χ0n) is 19.0. The molecule has 0 spiro atoms. The Morgan fingerprint density at radius 3 is 2.41 bits per heavy atom. The SMILES string of the molecule is COc1cc(/C=C2\SC(=S)N([C@@H](C)c3ccccc3)C2=O)ccc1OC(=O)c1ccc(C)cc1. The third-order valence-electron chi connectivity index (χ3n) is 5.47. The molecule has 1 saturated heterocycles. The van der Waals surface area contributed by atoms with Crippen molar-refractivity contribution in [2.24, 2.45) is 0 Å². The molecule has 0 aliphatic carbocycles. The van der Waals surface area contributed by atoms with Gasteiger partial charge in [-0.2, -0.15) is 0 Å². The summed E-state index contributed by atoms with van der Waals surface area (Å²) in [7, 11) is 1.50. The predicted molar refractivity (Wildman–Crippen MR) is 139 cm³/mol. The number of thiocarbonyl (C=S) groups is 1. The van der Waals surface area contributed by atoms with E-state index in [-0.39, 0.29) is 11.9 Å². The predicted octanol–water partition coefficient (Wildman–Crippen LogP) is 6.19. The van der Waals surface area contributed by atoms with Crippen LogP contribution in [0.3, 0.4) is 0 Å². The number of benzene rings is 3. The third kappa shape index (κ3) is 5.05. The van der Waals surface area contributed by atoms with Gasteiger partial charge in [0.1, 0.15) is 4.32 Å². The van der Waals surface area contributed by atoms with Crippen molar-refractivity contribution in [2.75, 3.05) is 7.11 Å². The molecule has 5 nitrogen and oxygen atoms in total. The van der Waals surface area contributed by atoms with Gasteiger partial charge >= 0.3 is 5.97 Å². The molecule has 1 atom stereocenters. The highest BCUT2D eigenvalue weighted by Gasteiger charge is 2.35. The van der Waals surface area contributed by atoms with E-state index in [1.165, 1.54) is 18.9 Å². The highest BCUT2D eigenvalue weighted by Crippen LogP contribution is 2.39. The fourth-order valence-electron chi connectivity index (χ4n) is 3.55. The Morgan fingerprint density at radius 1 is 1.03 bits per heavy atom. The number of hydrogen-bond acceptors (Lipinski definition) is 6. The summed E-state index contributed by atoms with van der Waals surface area (Å²) in [5.41, 5.74) is 3.26. The van der Waals surface area contributed by atoms with Crippen LogP contribution in [0.15, 0.2) is 77.7 Å². The maximum atomic E-state index is 13.1. The molecular formula is C27H23NO4S2. The van der Waals surface area contributed by atoms with Crippen molar-refractivity contribution in [3.8, 4) is 11.5 Å². The Morgan fingerprint density at radius 2 is 1.74 bits per heavy atom. The van der Waals surface area contributed by atoms with E-state index in [2.05, 4.69) is 0 Å². The first-order valence-electron chi connectivity index (χ1n) is 10.7. The molecule has 0 bridgehead atoms. The number of nitrogens with zero attached hydrogens (tertiary/aromatic N) is 1. The summed E-state index contributed by atoms with van der Waals surface area (Å²) in [5.74, 6) is 0.0832. The van der Waals surface area contributed by atoms with Crippen molar-refractivity contribution < 1.29 is 19.1 Å². The fraction of sp³-hybridized carbons (Fsp3) is 0.148. The van der Waals surface area contributed by atoms with Gasteiger partial charge in [0, 0.05) is 0 Å². The Bertz CT molecular complexity index is 1270. The van der Waals surface area contributed by atoms with E-state index >= 15 is 0 Å². The number of ether oxygens (including phenoxy) is 2. The first-order chi connectivity index (χ1) is 16.4. The molecule has 1 heterocycles. The van der Waals surface area contributed by atoms with Gasteiger partial charge in [0.2, 0.25) is 0 Å². The number of carbonyl (C=O) groups excluding carboxylic acids is 2. The molecule has 0 N–H and O–H groups in total. The van der Waals surface area contributed by atoms with Gasteiger partial charge < -0.3 is 9.47 Å². The number of amides is 1. The van der Waals surface area contributed by atoms with E-state index < -0.39 is 5.97 Å². The van der Waals surface area contributed by atoms with Gasteiger partial charge in [-0.1, -0.05) is 78.1 Å². The van der Waals surface area contributed by atoms with Gasteiger partial charge in [-0.25, -0.2) is 4.79 Å². The lowest BCUT2D eigenvalue weighted by Gasteiger charge is -2.23. The minimum atomic E-state index is -0.471. The number of methoxy groups -OCH3 is 1. The average Bonchev–Trinajstić information content (AvgIpc) is 3.12. The van der Waals surface area contributed by atoms with E-state index in [0.717, 1.165) is 16.7 Å². The Balaban J connectivity index is 1.54. The molecule has 1 aliphatic heterocycles. The number of hydrogen-bond donors (Lipinski definition) is 0. The van der Waals surface area contributed by atoms with Crippen LogP contribution >= 0.6 is 24.0 Å². The summed E-state index contributed by atoms with van der Waals surface area (Å²) in [6, 6.07) is 21.9. The minimum Gasteiger partial charge on any atom is -0.493 e. The van der Waals surface area contributed by atoms with Crippen LogP contribution < -0.4 is 9.47 Å². The van der Waals surface area contributed by atoms with Gasteiger partial charge in [0.05, 0.1) is 23.6 Å². The van der Waals surface area contributed by atoms with Gasteiger partial charge in [0.25, 0.3) is 5.91 Å². The fourth-order valence-corrected chi connectivity index (χ4v) is 4.97. The molecule has 1 amide bonds. The molecule has 172 valence electrons. The molecule has 3 aromatic rings. The van der Waals surface area contributed by atoms with Crippen molar-refractivity contribution in [2.45, 2.75) is 19.9 Å². The van der Waals surface area contributed by atoms with Crippen LogP contribution in [0.25, 0.3) is 6.08 Å². The van der Waals surface area contributed by atoms with Gasteiger partial charge in [-0.05, 0) is 55.3 Å². The molecule has 0 saturated carbocycles. The summed E-state index contributed by atoms with van der Waals surface area (Å²) < 4.78 is 11.5. The van der Waals surface area contributed by atoms with Crippen molar-refractivity contribution >= 4 is 46.3 Å². The molecule has 1 fully saturated rings. The summed E-state index contributed by atoms with van der Waals surface area (Å²) in [6.07, 6.45) is 1.77. The van der Waals surface area contributed by atoms with E-state index in [1.807, 2.05) is 56.3 Å². The monoisotopic (exact) mass is 489 g/mol. The molecule has 0 radical (unpaired) electrons. The number of rotatable bonds is 6. The Kier molecular flexibility index (Phi) is 7.14. The lowest BCUT2D eigenvalue weighted by atomic mass is 10.1. The van der Waals surface area contributed by atoms with Crippen molar-refractivity contribution in [3.05, 3.63) is 100.0 Å². The Labute approximate surface area is 208 Å². The van der Waals surface area contributed by atoms with Gasteiger partial charge in [-0.3, -0.25) is 9.69 Å². The molecule has 0 aromatic heterocycles. The van der Waals surface area contributed by atoms with Crippen molar-refractivity contribution in [1.29, 1.82) is 0 Å². The summed E-state index contributed by atoms with van der Waals surface area (Å²) >= 11 is 6.77. The number of thioether (sulfide) groups is 1. The second kappa shape index (κ2) is 10.2. The van der Waals surface area contributed by atoms with Crippen LogP contribution in [-0.4, -0.2) is 28.2 Å².